The van der Waals surface area contributed by atoms with Crippen LogP contribution in [-0.2, 0) is 0 Å². The molecule has 0 amide bonds. The van der Waals surface area contributed by atoms with E-state index in [4.69, 9.17) is 19.4 Å². The van der Waals surface area contributed by atoms with Gasteiger partial charge in [-0.05, 0) is 24.3 Å². The van der Waals surface area contributed by atoms with Gasteiger partial charge in [0.2, 0.25) is 5.43 Å². The Hall–Kier alpha value is -2.82. The number of carboxylic acid groups (broad SMARTS) is 2. The lowest BCUT2D eigenvalue weighted by atomic mass is 10.1. The Bertz CT molecular complexity index is 727. The Kier molecular flexibility index (Phi) is 3.47. The fourth-order valence-electron chi connectivity index (χ4n) is 1.75. The van der Waals surface area contributed by atoms with Crippen LogP contribution in [0.3, 0.4) is 0 Å². The molecule has 0 radical (unpaired) electrons. The molecule has 0 unspecified atom stereocenters. The van der Waals surface area contributed by atoms with Gasteiger partial charge in [0.1, 0.15) is 11.2 Å². The van der Waals surface area contributed by atoms with Gasteiger partial charge in [-0.1, -0.05) is 24.3 Å². The lowest BCUT2D eigenvalue weighted by molar-refractivity contribution is 0.137. The zero-order chi connectivity index (χ0) is 13.8. The van der Waals surface area contributed by atoms with Crippen molar-refractivity contribution in [1.29, 1.82) is 0 Å². The van der Waals surface area contributed by atoms with Crippen LogP contribution in [0.2, 0.25) is 0 Å². The number of fused-ring (bicyclic) bond motifs is 2. The number of benzene rings is 2. The summed E-state index contributed by atoms with van der Waals surface area (Å²) in [6.45, 7) is 0. The Balaban J connectivity index is 0.000000297. The van der Waals surface area contributed by atoms with Gasteiger partial charge in [0.25, 0.3) is 0 Å². The number of hydrogen-bond donors (Lipinski definition) is 2. The van der Waals surface area contributed by atoms with E-state index in [-0.39, 0.29) is 5.43 Å². The van der Waals surface area contributed by atoms with Crippen molar-refractivity contribution in [3.63, 3.8) is 0 Å². The molecule has 2 aromatic carbocycles. The summed E-state index contributed by atoms with van der Waals surface area (Å²) in [7, 11) is 0. The molecule has 0 spiro atoms. The molecule has 0 aliphatic heterocycles. The van der Waals surface area contributed by atoms with Crippen LogP contribution in [0.15, 0.2) is 57.7 Å². The quantitative estimate of drug-likeness (QED) is 0.604. The molecule has 96 valence electrons. The largest absolute Gasteiger partial charge is 0.503 e. The zero-order valence-corrected chi connectivity index (χ0v) is 9.74. The van der Waals surface area contributed by atoms with Gasteiger partial charge in [0, 0.05) is 0 Å². The molecule has 5 nitrogen and oxygen atoms in total. The van der Waals surface area contributed by atoms with Gasteiger partial charge < -0.3 is 14.6 Å². The average Bonchev–Trinajstić information content (AvgIpc) is 2.38. The highest BCUT2D eigenvalue weighted by Crippen LogP contribution is 2.17. The van der Waals surface area contributed by atoms with Crippen LogP contribution in [0.25, 0.3) is 21.9 Å². The first-order chi connectivity index (χ1) is 9.09. The molecule has 0 atom stereocenters. The van der Waals surface area contributed by atoms with E-state index in [0.717, 1.165) is 0 Å². The summed E-state index contributed by atoms with van der Waals surface area (Å²) in [6, 6.07) is 14.6. The highest BCUT2D eigenvalue weighted by Gasteiger charge is 2.04. The molecule has 0 aliphatic rings. The van der Waals surface area contributed by atoms with Crippen molar-refractivity contribution in [2.24, 2.45) is 0 Å². The van der Waals surface area contributed by atoms with E-state index < -0.39 is 6.16 Å². The summed E-state index contributed by atoms with van der Waals surface area (Å²) in [5.41, 5.74) is 1.31. The Morgan fingerprint density at radius 2 is 1.21 bits per heavy atom. The van der Waals surface area contributed by atoms with Gasteiger partial charge in [-0.25, -0.2) is 4.79 Å². The maximum Gasteiger partial charge on any atom is 0.503 e. The smallest absolute Gasteiger partial charge is 0.456 e. The normalized spacial score (nSPS) is 9.89. The Labute approximate surface area is 107 Å². The van der Waals surface area contributed by atoms with Crippen LogP contribution in [0, 0.1) is 0 Å². The van der Waals surface area contributed by atoms with Crippen LogP contribution in [0.1, 0.15) is 0 Å². The lowest BCUT2D eigenvalue weighted by Crippen LogP contribution is -2.01. The molecule has 5 heteroatoms. The summed E-state index contributed by atoms with van der Waals surface area (Å²) in [5.74, 6) is 0. The molecule has 0 saturated heterocycles. The minimum absolute atomic E-state index is 0.0347. The standard InChI is InChI=1S/C13H8O2.CH2O3/c14-13-9-5-1-3-7-11(9)15-12-8-4-2-6-10(12)13;2-1(3)4/h1-8H;(H2,2,3,4). The van der Waals surface area contributed by atoms with Crippen molar-refractivity contribution in [3.05, 3.63) is 58.8 Å². The topological polar surface area (TPSA) is 87.7 Å². The van der Waals surface area contributed by atoms with Gasteiger partial charge >= 0.3 is 6.16 Å². The predicted molar refractivity (Wildman–Crippen MR) is 70.6 cm³/mol. The summed E-state index contributed by atoms with van der Waals surface area (Å²) in [5, 5.41) is 15.2. The van der Waals surface area contributed by atoms with Crippen molar-refractivity contribution in [1.82, 2.24) is 0 Å². The van der Waals surface area contributed by atoms with Crippen molar-refractivity contribution in [2.75, 3.05) is 0 Å². The van der Waals surface area contributed by atoms with Crippen LogP contribution in [0.5, 0.6) is 0 Å². The molecule has 1 aromatic heterocycles. The monoisotopic (exact) mass is 258 g/mol. The van der Waals surface area contributed by atoms with E-state index >= 15 is 0 Å². The molecule has 2 N–H and O–H groups in total. The molecule has 3 rings (SSSR count). The third-order valence-electron chi connectivity index (χ3n) is 2.48. The van der Waals surface area contributed by atoms with E-state index in [1.165, 1.54) is 0 Å². The second-order valence-electron chi connectivity index (χ2n) is 3.71. The van der Waals surface area contributed by atoms with E-state index in [1.54, 1.807) is 12.1 Å². The van der Waals surface area contributed by atoms with Gasteiger partial charge in [-0.15, -0.1) is 0 Å². The molecule has 0 aliphatic carbocycles. The molecular weight excluding hydrogens is 248 g/mol. The zero-order valence-electron chi connectivity index (χ0n) is 9.74. The molecular formula is C14H10O5. The van der Waals surface area contributed by atoms with E-state index in [0.29, 0.717) is 21.9 Å². The number of rotatable bonds is 0. The molecule has 19 heavy (non-hydrogen) atoms. The van der Waals surface area contributed by atoms with Crippen LogP contribution >= 0.6 is 0 Å². The number of hydrogen-bond acceptors (Lipinski definition) is 3. The molecule has 0 bridgehead atoms. The second-order valence-corrected chi connectivity index (χ2v) is 3.71. The summed E-state index contributed by atoms with van der Waals surface area (Å²) in [4.78, 5) is 20.6. The van der Waals surface area contributed by atoms with Crippen molar-refractivity contribution in [3.8, 4) is 0 Å². The predicted octanol–water partition coefficient (Wildman–Crippen LogP) is 3.17. The maximum absolute atomic E-state index is 12.0. The number of para-hydroxylation sites is 2. The first-order valence-electron chi connectivity index (χ1n) is 5.42. The second kappa shape index (κ2) is 5.22. The minimum atomic E-state index is -1.83. The summed E-state index contributed by atoms with van der Waals surface area (Å²) >= 11 is 0. The van der Waals surface area contributed by atoms with Crippen LogP contribution in [-0.4, -0.2) is 16.4 Å². The average molecular weight is 258 g/mol. The summed E-state index contributed by atoms with van der Waals surface area (Å²) < 4.78 is 5.63. The minimum Gasteiger partial charge on any atom is -0.456 e. The van der Waals surface area contributed by atoms with Crippen molar-refractivity contribution < 1.29 is 19.4 Å². The third kappa shape index (κ3) is 2.71. The third-order valence-corrected chi connectivity index (χ3v) is 2.48. The number of carbonyl (C=O) groups is 1. The van der Waals surface area contributed by atoms with E-state index in [2.05, 4.69) is 0 Å². The molecule has 0 fully saturated rings. The highest BCUT2D eigenvalue weighted by atomic mass is 16.6. The van der Waals surface area contributed by atoms with Gasteiger partial charge in [0.15, 0.2) is 0 Å². The fraction of sp³-hybridized carbons (Fsp3) is 0. The molecule has 0 saturated carbocycles. The van der Waals surface area contributed by atoms with Crippen LogP contribution in [0.4, 0.5) is 4.79 Å². The van der Waals surface area contributed by atoms with Gasteiger partial charge in [0.05, 0.1) is 10.8 Å². The fourth-order valence-corrected chi connectivity index (χ4v) is 1.75. The highest BCUT2D eigenvalue weighted by molar-refractivity contribution is 5.89. The SMILES string of the molecule is O=C(O)O.O=c1c2ccccc2oc2ccccc12. The Morgan fingerprint density at radius 1 is 0.842 bits per heavy atom. The van der Waals surface area contributed by atoms with Gasteiger partial charge in [-0.3, -0.25) is 4.79 Å². The lowest BCUT2D eigenvalue weighted by Gasteiger charge is -1.99. The Morgan fingerprint density at radius 3 is 1.63 bits per heavy atom. The van der Waals surface area contributed by atoms with E-state index in [1.807, 2.05) is 36.4 Å². The molecule has 3 aromatic rings. The summed E-state index contributed by atoms with van der Waals surface area (Å²) in [6.07, 6.45) is -1.83. The first-order valence-corrected chi connectivity index (χ1v) is 5.42. The van der Waals surface area contributed by atoms with Crippen molar-refractivity contribution >= 4 is 28.1 Å². The molecule has 1 heterocycles. The maximum atomic E-state index is 12.0. The first kappa shape index (κ1) is 12.6. The van der Waals surface area contributed by atoms with Gasteiger partial charge in [-0.2, -0.15) is 0 Å². The van der Waals surface area contributed by atoms with E-state index in [9.17, 15) is 4.79 Å². The van der Waals surface area contributed by atoms with Crippen molar-refractivity contribution in [2.45, 2.75) is 0 Å². The van der Waals surface area contributed by atoms with Crippen LogP contribution < -0.4 is 5.43 Å².